The number of alkyl halides is 2. The van der Waals surface area contributed by atoms with Gasteiger partial charge in [-0.25, -0.2) is 0 Å². The summed E-state index contributed by atoms with van der Waals surface area (Å²) in [5.41, 5.74) is 0. The first-order chi connectivity index (χ1) is 12.2. The summed E-state index contributed by atoms with van der Waals surface area (Å²) in [5, 5.41) is 2.21. The van der Waals surface area contributed by atoms with Gasteiger partial charge in [-0.3, -0.25) is 9.59 Å². The summed E-state index contributed by atoms with van der Waals surface area (Å²) in [7, 11) is 0. The summed E-state index contributed by atoms with van der Waals surface area (Å²) < 4.78 is -2.00. The van der Waals surface area contributed by atoms with Crippen molar-refractivity contribution in [3.8, 4) is 0 Å². The average Bonchev–Trinajstić information content (AvgIpc) is 2.60. The SMILES string of the molecule is C=CCN(CC=C)C(=O)C(Cl)(Cl)NC(=O)SC(C)C1CCC(CC)CC1. The highest BCUT2D eigenvalue weighted by Crippen LogP contribution is 2.37. The van der Waals surface area contributed by atoms with E-state index in [1.807, 2.05) is 0 Å². The smallest absolute Gasteiger partial charge is 0.282 e. The number of rotatable bonds is 9. The first-order valence-electron chi connectivity index (χ1n) is 9.12. The first-order valence-corrected chi connectivity index (χ1v) is 10.8. The Morgan fingerprint density at radius 2 is 1.77 bits per heavy atom. The van der Waals surface area contributed by atoms with Gasteiger partial charge in [-0.1, -0.05) is 80.2 Å². The summed E-state index contributed by atoms with van der Waals surface area (Å²) in [6, 6.07) is 0. The Hall–Kier alpha value is -0.650. The lowest BCUT2D eigenvalue weighted by molar-refractivity contribution is -0.131. The van der Waals surface area contributed by atoms with Gasteiger partial charge in [-0.15, -0.1) is 13.2 Å². The Labute approximate surface area is 171 Å². The first kappa shape index (κ1) is 23.4. The van der Waals surface area contributed by atoms with Gasteiger partial charge >= 0.3 is 0 Å². The molecule has 0 aromatic carbocycles. The number of hydrogen-bond donors (Lipinski definition) is 1. The molecular weight excluding hydrogens is 391 g/mol. The van der Waals surface area contributed by atoms with Gasteiger partial charge in [0.05, 0.1) is 0 Å². The predicted octanol–water partition coefficient (Wildman–Crippen LogP) is 5.37. The third kappa shape index (κ3) is 7.16. The van der Waals surface area contributed by atoms with E-state index in [9.17, 15) is 9.59 Å². The number of carbonyl (C=O) groups is 2. The second-order valence-electron chi connectivity index (χ2n) is 6.79. The summed E-state index contributed by atoms with van der Waals surface area (Å²) in [6.07, 6.45) is 9.08. The van der Waals surface area contributed by atoms with Gasteiger partial charge in [-0.05, 0) is 24.7 Å². The van der Waals surface area contributed by atoms with Gasteiger partial charge in [-0.2, -0.15) is 0 Å². The molecule has 7 heteroatoms. The Morgan fingerprint density at radius 1 is 1.23 bits per heavy atom. The van der Waals surface area contributed by atoms with Crippen LogP contribution in [0.15, 0.2) is 25.3 Å². The van der Waals surface area contributed by atoms with Gasteiger partial charge in [0.15, 0.2) is 0 Å². The molecule has 1 atom stereocenters. The minimum Gasteiger partial charge on any atom is -0.331 e. The summed E-state index contributed by atoms with van der Waals surface area (Å²) in [5.74, 6) is 0.724. The monoisotopic (exact) mass is 420 g/mol. The standard InChI is InChI=1S/C19H30Cl2N2O2S/c1-5-12-23(13-6-2)17(24)19(20,21)22-18(25)26-14(4)16-10-8-15(7-3)9-11-16/h5-6,14-16H,1-2,7-13H2,3-4H3,(H,22,25). The molecule has 148 valence electrons. The summed E-state index contributed by atoms with van der Waals surface area (Å²) in [4.78, 5) is 26.2. The van der Waals surface area contributed by atoms with Gasteiger partial charge < -0.3 is 10.2 Å². The molecule has 1 aliphatic carbocycles. The zero-order valence-corrected chi connectivity index (χ0v) is 18.0. The number of thioether (sulfide) groups is 1. The molecule has 1 aliphatic rings. The van der Waals surface area contributed by atoms with Crippen LogP contribution in [0.4, 0.5) is 4.79 Å². The van der Waals surface area contributed by atoms with E-state index in [0.29, 0.717) is 5.92 Å². The molecule has 1 rings (SSSR count). The van der Waals surface area contributed by atoms with E-state index in [-0.39, 0.29) is 23.6 Å². The van der Waals surface area contributed by atoms with Crippen LogP contribution in [0.5, 0.6) is 0 Å². The van der Waals surface area contributed by atoms with Crippen molar-refractivity contribution in [3.63, 3.8) is 0 Å². The second-order valence-corrected chi connectivity index (χ2v) is 9.46. The normalized spacial score (nSPS) is 21.5. The molecule has 0 heterocycles. The van der Waals surface area contributed by atoms with Crippen LogP contribution in [0.2, 0.25) is 0 Å². The molecule has 0 saturated heterocycles. The zero-order valence-electron chi connectivity index (χ0n) is 15.7. The fourth-order valence-corrected chi connectivity index (χ4v) is 4.83. The Balaban J connectivity index is 2.57. The number of hydrogen-bond acceptors (Lipinski definition) is 3. The lowest BCUT2D eigenvalue weighted by Gasteiger charge is -2.32. The third-order valence-electron chi connectivity index (χ3n) is 4.94. The summed E-state index contributed by atoms with van der Waals surface area (Å²) in [6.45, 7) is 12.0. The van der Waals surface area contributed by atoms with Gasteiger partial charge in [0.25, 0.3) is 15.6 Å². The minimum absolute atomic E-state index is 0.157. The van der Waals surface area contributed by atoms with Gasteiger partial charge in [0.1, 0.15) is 0 Å². The molecule has 4 nitrogen and oxygen atoms in total. The number of amides is 2. The predicted molar refractivity (Wildman–Crippen MR) is 113 cm³/mol. The van der Waals surface area contributed by atoms with Crippen LogP contribution in [0.25, 0.3) is 0 Å². The summed E-state index contributed by atoms with van der Waals surface area (Å²) >= 11 is 13.4. The van der Waals surface area contributed by atoms with Crippen molar-refractivity contribution >= 4 is 46.1 Å². The molecular formula is C19H30Cl2N2O2S. The molecule has 0 aliphatic heterocycles. The fraction of sp³-hybridized carbons (Fsp3) is 0.684. The number of halogens is 2. The molecule has 1 fully saturated rings. The Kier molecular flexibility index (Phi) is 10.1. The highest BCUT2D eigenvalue weighted by molar-refractivity contribution is 8.14. The van der Waals surface area contributed by atoms with Crippen LogP contribution in [0, 0.1) is 11.8 Å². The van der Waals surface area contributed by atoms with Crippen molar-refractivity contribution in [2.75, 3.05) is 13.1 Å². The van der Waals surface area contributed by atoms with Crippen molar-refractivity contribution in [2.24, 2.45) is 11.8 Å². The number of nitrogens with zero attached hydrogens (tertiary/aromatic N) is 1. The largest absolute Gasteiger partial charge is 0.331 e. The van der Waals surface area contributed by atoms with E-state index >= 15 is 0 Å². The van der Waals surface area contributed by atoms with E-state index in [0.717, 1.165) is 18.8 Å². The van der Waals surface area contributed by atoms with Crippen molar-refractivity contribution in [3.05, 3.63) is 25.3 Å². The quantitative estimate of drug-likeness (QED) is 0.310. The van der Waals surface area contributed by atoms with E-state index < -0.39 is 10.4 Å². The zero-order chi connectivity index (χ0) is 19.7. The molecule has 26 heavy (non-hydrogen) atoms. The highest BCUT2D eigenvalue weighted by Gasteiger charge is 2.39. The minimum atomic E-state index is -2.00. The van der Waals surface area contributed by atoms with Crippen LogP contribution in [0.1, 0.15) is 46.0 Å². The fourth-order valence-electron chi connectivity index (χ4n) is 3.29. The van der Waals surface area contributed by atoms with Crippen LogP contribution in [-0.4, -0.2) is 38.8 Å². The van der Waals surface area contributed by atoms with E-state index in [2.05, 4.69) is 32.3 Å². The van der Waals surface area contributed by atoms with E-state index in [1.54, 1.807) is 12.2 Å². The molecule has 0 radical (unpaired) electrons. The molecule has 0 bridgehead atoms. The molecule has 2 amide bonds. The van der Waals surface area contributed by atoms with E-state index in [1.165, 1.54) is 35.9 Å². The molecule has 0 spiro atoms. The van der Waals surface area contributed by atoms with Gasteiger partial charge in [0, 0.05) is 18.3 Å². The Bertz CT molecular complexity index is 496. The van der Waals surface area contributed by atoms with E-state index in [4.69, 9.17) is 23.2 Å². The third-order valence-corrected chi connectivity index (χ3v) is 6.52. The van der Waals surface area contributed by atoms with Crippen LogP contribution < -0.4 is 5.32 Å². The maximum atomic E-state index is 12.5. The molecule has 1 saturated carbocycles. The molecule has 1 N–H and O–H groups in total. The van der Waals surface area contributed by atoms with Gasteiger partial charge in [0.2, 0.25) is 0 Å². The lowest BCUT2D eigenvalue weighted by Crippen LogP contribution is -2.52. The molecule has 0 aromatic rings. The lowest BCUT2D eigenvalue weighted by atomic mass is 9.80. The van der Waals surface area contributed by atoms with Crippen molar-refractivity contribution in [1.29, 1.82) is 0 Å². The van der Waals surface area contributed by atoms with Crippen molar-refractivity contribution in [2.45, 2.75) is 55.7 Å². The second kappa shape index (κ2) is 11.3. The maximum Gasteiger partial charge on any atom is 0.282 e. The maximum absolute atomic E-state index is 12.5. The van der Waals surface area contributed by atoms with Crippen LogP contribution >= 0.6 is 35.0 Å². The van der Waals surface area contributed by atoms with Crippen LogP contribution in [-0.2, 0) is 4.79 Å². The molecule has 0 aromatic heterocycles. The average molecular weight is 421 g/mol. The van der Waals surface area contributed by atoms with Crippen molar-refractivity contribution < 1.29 is 9.59 Å². The topological polar surface area (TPSA) is 49.4 Å². The number of nitrogens with one attached hydrogen (secondary N) is 1. The van der Waals surface area contributed by atoms with Crippen LogP contribution in [0.3, 0.4) is 0 Å². The highest BCUT2D eigenvalue weighted by atomic mass is 35.5. The van der Waals surface area contributed by atoms with Crippen molar-refractivity contribution in [1.82, 2.24) is 10.2 Å². The molecule has 1 unspecified atom stereocenters. The number of carbonyl (C=O) groups excluding carboxylic acids is 2. The Morgan fingerprint density at radius 3 is 2.23 bits per heavy atom.